The molecule has 0 nitrogen and oxygen atoms in total. The highest BCUT2D eigenvalue weighted by molar-refractivity contribution is 5.42. The lowest BCUT2D eigenvalue weighted by Gasteiger charge is -2.45. The Balaban J connectivity index is 1.92. The molecule has 0 amide bonds. The molecule has 4 rings (SSSR count). The minimum atomic E-state index is 0.246. The monoisotopic (exact) mass is 304 g/mol. The Morgan fingerprint density at radius 1 is 0.522 bits per heavy atom. The summed E-state index contributed by atoms with van der Waals surface area (Å²) in [6, 6.07) is 23.0. The normalized spacial score (nSPS) is 20.2. The van der Waals surface area contributed by atoms with E-state index in [4.69, 9.17) is 0 Å². The fourth-order valence-corrected chi connectivity index (χ4v) is 5.63. The maximum Gasteiger partial charge on any atom is 0.0259 e. The van der Waals surface area contributed by atoms with Crippen molar-refractivity contribution in [2.24, 2.45) is 11.8 Å². The van der Waals surface area contributed by atoms with Crippen LogP contribution in [0.2, 0.25) is 0 Å². The lowest BCUT2D eigenvalue weighted by Crippen LogP contribution is -2.41. The molecule has 23 heavy (non-hydrogen) atoms. The predicted molar refractivity (Wildman–Crippen MR) is 97.6 cm³/mol. The Kier molecular flexibility index (Phi) is 4.25. The van der Waals surface area contributed by atoms with Crippen LogP contribution in [0.1, 0.15) is 62.5 Å². The summed E-state index contributed by atoms with van der Waals surface area (Å²) in [5.41, 5.74) is 3.39. The van der Waals surface area contributed by atoms with Crippen LogP contribution in [0.3, 0.4) is 0 Å². The van der Waals surface area contributed by atoms with Gasteiger partial charge in [-0.1, -0.05) is 86.3 Å². The quantitative estimate of drug-likeness (QED) is 0.617. The van der Waals surface area contributed by atoms with E-state index >= 15 is 0 Å². The van der Waals surface area contributed by atoms with Gasteiger partial charge in [0.15, 0.2) is 0 Å². The van der Waals surface area contributed by atoms with E-state index in [-0.39, 0.29) is 5.41 Å². The van der Waals surface area contributed by atoms with Gasteiger partial charge in [-0.2, -0.15) is 0 Å². The highest BCUT2D eigenvalue weighted by Crippen LogP contribution is 2.55. The number of rotatable bonds is 4. The van der Waals surface area contributed by atoms with Crippen molar-refractivity contribution in [3.8, 4) is 0 Å². The zero-order chi connectivity index (χ0) is 15.5. The molecule has 0 atom stereocenters. The molecule has 0 heterocycles. The molecular weight excluding hydrogens is 276 g/mol. The summed E-state index contributed by atoms with van der Waals surface area (Å²) in [6.07, 6.45) is 11.3. The van der Waals surface area contributed by atoms with Crippen LogP contribution in [0.25, 0.3) is 0 Å². The van der Waals surface area contributed by atoms with Gasteiger partial charge in [-0.05, 0) is 48.6 Å². The van der Waals surface area contributed by atoms with Gasteiger partial charge in [0.1, 0.15) is 0 Å². The molecule has 0 aromatic heterocycles. The third kappa shape index (κ3) is 2.53. The Morgan fingerprint density at radius 3 is 1.22 bits per heavy atom. The number of hydrogen-bond acceptors (Lipinski definition) is 0. The Morgan fingerprint density at radius 2 is 0.870 bits per heavy atom. The summed E-state index contributed by atoms with van der Waals surface area (Å²) >= 11 is 0. The SMILES string of the molecule is c1ccc(C(c2ccccc2)(C2CCCC2)C2CCCC2)cc1. The van der Waals surface area contributed by atoms with Gasteiger partial charge in [0, 0.05) is 5.41 Å². The average Bonchev–Trinajstić information content (AvgIpc) is 3.32. The van der Waals surface area contributed by atoms with Crippen molar-refractivity contribution < 1.29 is 0 Å². The van der Waals surface area contributed by atoms with E-state index in [1.807, 2.05) is 0 Å². The third-order valence-electron chi connectivity index (χ3n) is 6.50. The molecule has 120 valence electrons. The summed E-state index contributed by atoms with van der Waals surface area (Å²) in [5, 5.41) is 0. The van der Waals surface area contributed by atoms with Gasteiger partial charge in [-0.25, -0.2) is 0 Å². The molecule has 2 aliphatic rings. The molecule has 2 fully saturated rings. The molecule has 0 saturated heterocycles. The van der Waals surface area contributed by atoms with Crippen molar-refractivity contribution in [3.63, 3.8) is 0 Å². The summed E-state index contributed by atoms with van der Waals surface area (Å²) in [4.78, 5) is 0. The van der Waals surface area contributed by atoms with E-state index in [2.05, 4.69) is 60.7 Å². The molecule has 0 radical (unpaired) electrons. The first-order valence-electron chi connectivity index (χ1n) is 9.53. The highest BCUT2D eigenvalue weighted by Gasteiger charge is 2.48. The van der Waals surface area contributed by atoms with E-state index in [1.54, 1.807) is 11.1 Å². The van der Waals surface area contributed by atoms with Crippen molar-refractivity contribution >= 4 is 0 Å². The Hall–Kier alpha value is -1.56. The molecule has 0 spiro atoms. The van der Waals surface area contributed by atoms with Gasteiger partial charge in [-0.15, -0.1) is 0 Å². The maximum absolute atomic E-state index is 2.41. The van der Waals surface area contributed by atoms with Crippen LogP contribution in [0.5, 0.6) is 0 Å². The maximum atomic E-state index is 2.41. The summed E-state index contributed by atoms with van der Waals surface area (Å²) in [7, 11) is 0. The number of benzene rings is 2. The topological polar surface area (TPSA) is 0 Å². The molecule has 2 saturated carbocycles. The smallest absolute Gasteiger partial charge is 0.0259 e. The molecular formula is C23H28. The van der Waals surface area contributed by atoms with Gasteiger partial charge in [0.05, 0.1) is 0 Å². The lowest BCUT2D eigenvalue weighted by atomic mass is 9.57. The predicted octanol–water partition coefficient (Wildman–Crippen LogP) is 6.35. The minimum absolute atomic E-state index is 0.246. The average molecular weight is 304 g/mol. The molecule has 0 unspecified atom stereocenters. The Bertz CT molecular complexity index is 544. The lowest BCUT2D eigenvalue weighted by molar-refractivity contribution is 0.217. The highest BCUT2D eigenvalue weighted by atomic mass is 14.5. The van der Waals surface area contributed by atoms with Crippen molar-refractivity contribution in [2.75, 3.05) is 0 Å². The second kappa shape index (κ2) is 6.51. The van der Waals surface area contributed by atoms with E-state index in [0.29, 0.717) is 0 Å². The van der Waals surface area contributed by atoms with Crippen LogP contribution in [0.15, 0.2) is 60.7 Å². The molecule has 0 bridgehead atoms. The Labute approximate surface area is 140 Å². The zero-order valence-corrected chi connectivity index (χ0v) is 14.1. The summed E-state index contributed by atoms with van der Waals surface area (Å²) in [5.74, 6) is 1.63. The third-order valence-corrected chi connectivity index (χ3v) is 6.50. The van der Waals surface area contributed by atoms with Crippen LogP contribution in [-0.2, 0) is 5.41 Å². The van der Waals surface area contributed by atoms with Gasteiger partial charge < -0.3 is 0 Å². The second-order valence-corrected chi connectivity index (χ2v) is 7.56. The summed E-state index contributed by atoms with van der Waals surface area (Å²) in [6.45, 7) is 0. The first-order chi connectivity index (χ1) is 11.4. The standard InChI is InChI=1S/C23H28/c1-3-11-19(12-4-1)23(21-15-7-8-16-21,22-17-9-10-18-22)20-13-5-2-6-14-20/h1-6,11-14,21-22H,7-10,15-18H2. The van der Waals surface area contributed by atoms with Crippen molar-refractivity contribution in [1.29, 1.82) is 0 Å². The van der Waals surface area contributed by atoms with Crippen molar-refractivity contribution in [2.45, 2.75) is 56.8 Å². The second-order valence-electron chi connectivity index (χ2n) is 7.56. The molecule has 2 aromatic rings. The van der Waals surface area contributed by atoms with Gasteiger partial charge >= 0.3 is 0 Å². The first kappa shape index (κ1) is 15.0. The van der Waals surface area contributed by atoms with E-state index in [9.17, 15) is 0 Å². The molecule has 0 aliphatic heterocycles. The fourth-order valence-electron chi connectivity index (χ4n) is 5.63. The fraction of sp³-hybridized carbons (Fsp3) is 0.478. The van der Waals surface area contributed by atoms with Crippen molar-refractivity contribution in [3.05, 3.63) is 71.8 Å². The molecule has 0 N–H and O–H groups in total. The van der Waals surface area contributed by atoms with Crippen LogP contribution < -0.4 is 0 Å². The summed E-state index contributed by atoms with van der Waals surface area (Å²) < 4.78 is 0. The van der Waals surface area contributed by atoms with E-state index in [1.165, 1.54) is 51.4 Å². The minimum Gasteiger partial charge on any atom is -0.0622 e. The first-order valence-corrected chi connectivity index (χ1v) is 9.53. The molecule has 0 heteroatoms. The van der Waals surface area contributed by atoms with E-state index in [0.717, 1.165) is 11.8 Å². The number of hydrogen-bond donors (Lipinski definition) is 0. The molecule has 2 aromatic carbocycles. The van der Waals surface area contributed by atoms with E-state index < -0.39 is 0 Å². The van der Waals surface area contributed by atoms with Crippen LogP contribution >= 0.6 is 0 Å². The van der Waals surface area contributed by atoms with Gasteiger partial charge in [0.2, 0.25) is 0 Å². The molecule has 2 aliphatic carbocycles. The van der Waals surface area contributed by atoms with Crippen molar-refractivity contribution in [1.82, 2.24) is 0 Å². The van der Waals surface area contributed by atoms with Crippen LogP contribution in [-0.4, -0.2) is 0 Å². The zero-order valence-electron chi connectivity index (χ0n) is 14.1. The van der Waals surface area contributed by atoms with Gasteiger partial charge in [-0.3, -0.25) is 0 Å². The van der Waals surface area contributed by atoms with Gasteiger partial charge in [0.25, 0.3) is 0 Å². The van der Waals surface area contributed by atoms with Crippen LogP contribution in [0.4, 0.5) is 0 Å². The van der Waals surface area contributed by atoms with Crippen LogP contribution in [0, 0.1) is 11.8 Å². The largest absolute Gasteiger partial charge is 0.0622 e.